The molecule has 0 aromatic heterocycles. The molecule has 0 aliphatic rings. The monoisotopic (exact) mass is 155 g/mol. The van der Waals surface area contributed by atoms with Crippen molar-refractivity contribution in [3.63, 3.8) is 0 Å². The van der Waals surface area contributed by atoms with E-state index in [2.05, 4.69) is 32.5 Å². The van der Waals surface area contributed by atoms with Crippen LogP contribution in [0.5, 0.6) is 0 Å². The molecule has 64 valence electrons. The van der Waals surface area contributed by atoms with E-state index in [9.17, 15) is 4.91 Å². The smallest absolute Gasteiger partial charge is 0.0819 e. The highest BCUT2D eigenvalue weighted by molar-refractivity contribution is 5.05. The molecular weight excluding hydrogens is 138 g/mol. The molecule has 0 radical (unpaired) electrons. The Morgan fingerprint density at radius 2 is 2.09 bits per heavy atom. The predicted molar refractivity (Wildman–Crippen MR) is 48.5 cm³/mol. The quantitative estimate of drug-likeness (QED) is 0.443. The maximum Gasteiger partial charge on any atom is 0.0819 e. The fourth-order valence-electron chi connectivity index (χ4n) is 0.980. The lowest BCUT2D eigenvalue weighted by Gasteiger charge is -2.25. The number of nitroso groups, excluding NO2 is 1. The number of hydrogen-bond donors (Lipinski definition) is 0. The largest absolute Gasteiger partial charge is 0.151 e. The van der Waals surface area contributed by atoms with Crippen LogP contribution in [-0.2, 0) is 0 Å². The Bertz CT molecular complexity index is 150. The first-order valence-electron chi connectivity index (χ1n) is 4.02. The van der Waals surface area contributed by atoms with E-state index in [4.69, 9.17) is 0 Å². The van der Waals surface area contributed by atoms with Gasteiger partial charge in [0.15, 0.2) is 0 Å². The van der Waals surface area contributed by atoms with Crippen LogP contribution in [0.25, 0.3) is 0 Å². The second-order valence-corrected chi connectivity index (χ2v) is 3.44. The van der Waals surface area contributed by atoms with Gasteiger partial charge in [-0.1, -0.05) is 38.1 Å². The molecule has 0 saturated heterocycles. The van der Waals surface area contributed by atoms with E-state index in [1.807, 2.05) is 0 Å². The third-order valence-corrected chi connectivity index (χ3v) is 2.21. The minimum absolute atomic E-state index is 0.0721. The van der Waals surface area contributed by atoms with E-state index in [0.717, 1.165) is 12.8 Å². The zero-order chi connectivity index (χ0) is 8.91. The van der Waals surface area contributed by atoms with Crippen molar-refractivity contribution in [3.8, 4) is 0 Å². The number of hydrogen-bond acceptors (Lipinski definition) is 2. The van der Waals surface area contributed by atoms with E-state index in [0.29, 0.717) is 6.54 Å². The van der Waals surface area contributed by atoms with Crippen LogP contribution in [0.2, 0.25) is 0 Å². The lowest BCUT2D eigenvalue weighted by molar-refractivity contribution is 0.406. The minimum Gasteiger partial charge on any atom is -0.151 e. The molecular formula is C9H17NO. The van der Waals surface area contributed by atoms with E-state index < -0.39 is 0 Å². The van der Waals surface area contributed by atoms with Crippen LogP contribution in [0.15, 0.2) is 17.3 Å². The van der Waals surface area contributed by atoms with Gasteiger partial charge in [-0.25, -0.2) is 0 Å². The van der Waals surface area contributed by atoms with E-state index in [1.54, 1.807) is 0 Å². The Kier molecular flexibility index (Phi) is 4.01. The zero-order valence-corrected chi connectivity index (χ0v) is 7.68. The van der Waals surface area contributed by atoms with Gasteiger partial charge in [0.1, 0.15) is 0 Å². The van der Waals surface area contributed by atoms with E-state index in [-0.39, 0.29) is 5.41 Å². The van der Waals surface area contributed by atoms with Crippen molar-refractivity contribution in [2.45, 2.75) is 33.6 Å². The summed E-state index contributed by atoms with van der Waals surface area (Å²) >= 11 is 0. The highest BCUT2D eigenvalue weighted by Crippen LogP contribution is 2.30. The molecule has 0 unspecified atom stereocenters. The molecule has 2 nitrogen and oxygen atoms in total. The van der Waals surface area contributed by atoms with Gasteiger partial charge in [-0.3, -0.25) is 0 Å². The molecule has 0 rings (SSSR count). The maximum atomic E-state index is 9.88. The van der Waals surface area contributed by atoms with Crippen molar-refractivity contribution < 1.29 is 0 Å². The maximum absolute atomic E-state index is 9.88. The lowest BCUT2D eigenvalue weighted by atomic mass is 9.81. The number of nitrogens with zero attached hydrogens (tertiary/aromatic N) is 1. The molecule has 0 fully saturated rings. The summed E-state index contributed by atoms with van der Waals surface area (Å²) < 4.78 is 0. The average molecular weight is 155 g/mol. The molecule has 0 N–H and O–H groups in total. The summed E-state index contributed by atoms with van der Waals surface area (Å²) in [7, 11) is 0. The normalized spacial score (nSPS) is 11.2. The van der Waals surface area contributed by atoms with Crippen LogP contribution in [0.4, 0.5) is 0 Å². The van der Waals surface area contributed by atoms with Crippen LogP contribution < -0.4 is 0 Å². The lowest BCUT2D eigenvalue weighted by Crippen LogP contribution is -2.14. The van der Waals surface area contributed by atoms with E-state index in [1.165, 1.54) is 5.57 Å². The Morgan fingerprint density at radius 3 is 2.45 bits per heavy atom. The number of allylic oxidation sites excluding steroid dienone is 1. The zero-order valence-electron chi connectivity index (χ0n) is 7.68. The summed E-state index contributed by atoms with van der Waals surface area (Å²) in [4.78, 5) is 9.88. The molecule has 0 atom stereocenters. The average Bonchev–Trinajstić information content (AvgIpc) is 1.99. The third kappa shape index (κ3) is 3.30. The van der Waals surface area contributed by atoms with Gasteiger partial charge >= 0.3 is 0 Å². The Labute approximate surface area is 68.7 Å². The van der Waals surface area contributed by atoms with Gasteiger partial charge in [-0.05, 0) is 18.3 Å². The summed E-state index contributed by atoms with van der Waals surface area (Å²) in [5.41, 5.74) is 1.27. The molecule has 0 heterocycles. The van der Waals surface area contributed by atoms with Crippen molar-refractivity contribution in [3.05, 3.63) is 17.1 Å². The van der Waals surface area contributed by atoms with Crippen LogP contribution in [0, 0.1) is 10.3 Å². The van der Waals surface area contributed by atoms with Gasteiger partial charge in [0.2, 0.25) is 0 Å². The Balaban J connectivity index is 3.97. The van der Waals surface area contributed by atoms with E-state index >= 15 is 0 Å². The molecule has 0 aliphatic heterocycles. The van der Waals surface area contributed by atoms with Gasteiger partial charge in [0.05, 0.1) is 6.54 Å². The van der Waals surface area contributed by atoms with Crippen LogP contribution in [0.1, 0.15) is 33.6 Å². The number of rotatable bonds is 5. The highest BCUT2D eigenvalue weighted by atomic mass is 16.3. The van der Waals surface area contributed by atoms with Crippen LogP contribution in [-0.4, -0.2) is 6.54 Å². The second kappa shape index (κ2) is 4.27. The molecule has 0 bridgehead atoms. The van der Waals surface area contributed by atoms with Gasteiger partial charge < -0.3 is 0 Å². The van der Waals surface area contributed by atoms with Crippen molar-refractivity contribution in [1.29, 1.82) is 0 Å². The first-order chi connectivity index (χ1) is 5.04. The summed E-state index contributed by atoms with van der Waals surface area (Å²) in [5.74, 6) is 0. The Morgan fingerprint density at radius 1 is 1.55 bits per heavy atom. The summed E-state index contributed by atoms with van der Waals surface area (Å²) in [6, 6.07) is 0. The first kappa shape index (κ1) is 10.3. The van der Waals surface area contributed by atoms with Crippen LogP contribution >= 0.6 is 0 Å². The fraction of sp³-hybridized carbons (Fsp3) is 0.778. The molecule has 0 aliphatic carbocycles. The Hall–Kier alpha value is -0.660. The molecule has 11 heavy (non-hydrogen) atoms. The predicted octanol–water partition coefficient (Wildman–Crippen LogP) is 3.14. The van der Waals surface area contributed by atoms with Gasteiger partial charge in [0.25, 0.3) is 0 Å². The highest BCUT2D eigenvalue weighted by Gasteiger charge is 2.19. The van der Waals surface area contributed by atoms with Crippen molar-refractivity contribution in [2.24, 2.45) is 10.6 Å². The van der Waals surface area contributed by atoms with Gasteiger partial charge in [0, 0.05) is 0 Å². The standard InChI is InChI=1S/C9H17NO/c1-5-8(2)9(3,4)6-7-10-11/h2,5-7H2,1,3-4H3. The molecule has 0 aromatic rings. The van der Waals surface area contributed by atoms with Gasteiger partial charge in [-0.15, -0.1) is 0 Å². The third-order valence-electron chi connectivity index (χ3n) is 2.21. The first-order valence-corrected chi connectivity index (χ1v) is 4.02. The molecule has 2 heteroatoms. The second-order valence-electron chi connectivity index (χ2n) is 3.44. The molecule has 0 amide bonds. The summed E-state index contributed by atoms with van der Waals surface area (Å²) in [6.07, 6.45) is 1.79. The summed E-state index contributed by atoms with van der Waals surface area (Å²) in [6.45, 7) is 10.6. The summed E-state index contributed by atoms with van der Waals surface area (Å²) in [5, 5.41) is 2.85. The molecule has 0 spiro atoms. The minimum atomic E-state index is 0.0721. The van der Waals surface area contributed by atoms with Crippen molar-refractivity contribution in [2.75, 3.05) is 6.54 Å². The topological polar surface area (TPSA) is 29.4 Å². The molecule has 0 saturated carbocycles. The fourth-order valence-corrected chi connectivity index (χ4v) is 0.980. The van der Waals surface area contributed by atoms with Crippen LogP contribution in [0.3, 0.4) is 0 Å². The SMILES string of the molecule is C=C(CC)C(C)(C)CCN=O. The molecule has 0 aromatic carbocycles. The van der Waals surface area contributed by atoms with Gasteiger partial charge in [-0.2, -0.15) is 4.91 Å². The van der Waals surface area contributed by atoms with Crippen molar-refractivity contribution >= 4 is 0 Å². The van der Waals surface area contributed by atoms with Crippen molar-refractivity contribution in [1.82, 2.24) is 0 Å².